The largest absolute Gasteiger partial charge is 0.233 e. The van der Waals surface area contributed by atoms with Gasteiger partial charge < -0.3 is 0 Å². The Morgan fingerprint density at radius 2 is 2.13 bits per heavy atom. The van der Waals surface area contributed by atoms with E-state index in [0.717, 1.165) is 21.8 Å². The Morgan fingerprint density at radius 3 is 2.93 bits per heavy atom. The van der Waals surface area contributed by atoms with Crippen LogP contribution in [0.15, 0.2) is 29.3 Å². The fourth-order valence-electron chi connectivity index (χ4n) is 1.37. The van der Waals surface area contributed by atoms with Crippen LogP contribution in [-0.2, 0) is 0 Å². The van der Waals surface area contributed by atoms with E-state index in [2.05, 4.69) is 16.0 Å². The molecule has 1 aromatic carbocycles. The summed E-state index contributed by atoms with van der Waals surface area (Å²) in [6.45, 7) is 1.86. The Kier molecular flexibility index (Phi) is 2.84. The zero-order chi connectivity index (χ0) is 10.7. The van der Waals surface area contributed by atoms with Gasteiger partial charge in [0.05, 0.1) is 17.3 Å². The molecule has 1 aromatic heterocycles. The number of benzene rings is 1. The highest BCUT2D eigenvalue weighted by molar-refractivity contribution is 7.99. The first-order valence-electron chi connectivity index (χ1n) is 4.54. The molecule has 2 aromatic rings. The summed E-state index contributed by atoms with van der Waals surface area (Å²) in [5, 5.41) is 10.5. The van der Waals surface area contributed by atoms with Crippen LogP contribution in [0.2, 0.25) is 0 Å². The van der Waals surface area contributed by atoms with E-state index in [0.29, 0.717) is 5.75 Å². The van der Waals surface area contributed by atoms with Gasteiger partial charge >= 0.3 is 0 Å². The second-order valence-electron chi connectivity index (χ2n) is 3.04. The van der Waals surface area contributed by atoms with Gasteiger partial charge in [0, 0.05) is 5.39 Å². The van der Waals surface area contributed by atoms with E-state index in [4.69, 9.17) is 5.26 Å². The zero-order valence-corrected chi connectivity index (χ0v) is 9.08. The molecule has 0 fully saturated rings. The van der Waals surface area contributed by atoms with E-state index in [1.807, 2.05) is 31.2 Å². The molecule has 0 aliphatic carbocycles. The van der Waals surface area contributed by atoms with Crippen molar-refractivity contribution in [1.82, 2.24) is 9.97 Å². The van der Waals surface area contributed by atoms with Crippen molar-refractivity contribution >= 4 is 22.7 Å². The highest BCUT2D eigenvalue weighted by Gasteiger charge is 2.04. The summed E-state index contributed by atoms with van der Waals surface area (Å²) in [4.78, 5) is 8.68. The van der Waals surface area contributed by atoms with E-state index in [9.17, 15) is 0 Å². The Balaban J connectivity index is 2.56. The number of nitriles is 1. The molecule has 74 valence electrons. The molecular weight excluding hydrogens is 206 g/mol. The van der Waals surface area contributed by atoms with Crippen LogP contribution in [0.1, 0.15) is 5.82 Å². The van der Waals surface area contributed by atoms with Crippen molar-refractivity contribution in [2.24, 2.45) is 0 Å². The molecule has 0 radical (unpaired) electrons. The maximum absolute atomic E-state index is 8.55. The van der Waals surface area contributed by atoms with Crippen molar-refractivity contribution in [2.45, 2.75) is 11.9 Å². The van der Waals surface area contributed by atoms with Crippen molar-refractivity contribution in [1.29, 1.82) is 5.26 Å². The lowest BCUT2D eigenvalue weighted by atomic mass is 10.2. The molecular formula is C11H9N3S. The van der Waals surface area contributed by atoms with E-state index in [-0.39, 0.29) is 0 Å². The van der Waals surface area contributed by atoms with Gasteiger partial charge in [-0.3, -0.25) is 0 Å². The smallest absolute Gasteiger partial charge is 0.127 e. The zero-order valence-electron chi connectivity index (χ0n) is 8.27. The molecule has 0 spiro atoms. The maximum atomic E-state index is 8.55. The van der Waals surface area contributed by atoms with Crippen molar-refractivity contribution in [2.75, 3.05) is 5.75 Å². The molecule has 2 rings (SSSR count). The molecule has 4 heteroatoms. The molecule has 0 saturated heterocycles. The number of para-hydroxylation sites is 1. The fourth-order valence-corrected chi connectivity index (χ4v) is 2.10. The van der Waals surface area contributed by atoms with Crippen LogP contribution < -0.4 is 0 Å². The lowest BCUT2D eigenvalue weighted by Crippen LogP contribution is -1.92. The quantitative estimate of drug-likeness (QED) is 0.570. The monoisotopic (exact) mass is 215 g/mol. The van der Waals surface area contributed by atoms with Gasteiger partial charge in [0.15, 0.2) is 0 Å². The molecule has 3 nitrogen and oxygen atoms in total. The van der Waals surface area contributed by atoms with Gasteiger partial charge in [-0.05, 0) is 13.0 Å². The predicted molar refractivity (Wildman–Crippen MR) is 60.6 cm³/mol. The summed E-state index contributed by atoms with van der Waals surface area (Å²) in [5.74, 6) is 1.16. The molecule has 0 unspecified atom stereocenters. The van der Waals surface area contributed by atoms with Gasteiger partial charge in [0.2, 0.25) is 0 Å². The molecule has 0 amide bonds. The summed E-state index contributed by atoms with van der Waals surface area (Å²) in [6.07, 6.45) is 0. The average molecular weight is 215 g/mol. The van der Waals surface area contributed by atoms with Crippen LogP contribution in [0.4, 0.5) is 0 Å². The lowest BCUT2D eigenvalue weighted by Gasteiger charge is -2.03. The summed E-state index contributed by atoms with van der Waals surface area (Å²) in [6, 6.07) is 9.95. The van der Waals surface area contributed by atoms with Crippen molar-refractivity contribution in [3.63, 3.8) is 0 Å². The van der Waals surface area contributed by atoms with Crippen molar-refractivity contribution in [3.05, 3.63) is 30.1 Å². The number of rotatable bonds is 2. The third kappa shape index (κ3) is 2.08. The Hall–Kier alpha value is -1.60. The van der Waals surface area contributed by atoms with Gasteiger partial charge in [0.25, 0.3) is 0 Å². The van der Waals surface area contributed by atoms with Crippen LogP contribution in [0, 0.1) is 18.3 Å². The maximum Gasteiger partial charge on any atom is 0.127 e. The van der Waals surface area contributed by atoms with Crippen LogP contribution in [-0.4, -0.2) is 15.7 Å². The lowest BCUT2D eigenvalue weighted by molar-refractivity contribution is 1.01. The normalized spacial score (nSPS) is 10.1. The van der Waals surface area contributed by atoms with E-state index >= 15 is 0 Å². The minimum absolute atomic E-state index is 0.417. The van der Waals surface area contributed by atoms with Crippen LogP contribution in [0.3, 0.4) is 0 Å². The number of aromatic nitrogens is 2. The minimum atomic E-state index is 0.417. The number of nitrogens with zero attached hydrogens (tertiary/aromatic N) is 3. The van der Waals surface area contributed by atoms with Crippen molar-refractivity contribution in [3.8, 4) is 6.07 Å². The topological polar surface area (TPSA) is 49.6 Å². The SMILES string of the molecule is Cc1nc(SCC#N)c2ccccc2n1. The van der Waals surface area contributed by atoms with Gasteiger partial charge in [-0.25, -0.2) is 9.97 Å². The van der Waals surface area contributed by atoms with Gasteiger partial charge in [-0.1, -0.05) is 30.0 Å². The molecule has 1 heterocycles. The standard InChI is InChI=1S/C11H9N3S/c1-8-13-10-5-3-2-4-9(10)11(14-8)15-7-6-12/h2-5H,7H2,1H3. The first-order chi connectivity index (χ1) is 7.31. The second-order valence-corrected chi connectivity index (χ2v) is 4.00. The Bertz CT molecular complexity index is 531. The van der Waals surface area contributed by atoms with Crippen molar-refractivity contribution < 1.29 is 0 Å². The van der Waals surface area contributed by atoms with E-state index in [1.165, 1.54) is 11.8 Å². The third-order valence-electron chi connectivity index (χ3n) is 1.95. The summed E-state index contributed by atoms with van der Waals surface area (Å²) in [5.41, 5.74) is 0.936. The Labute approximate surface area is 92.2 Å². The van der Waals surface area contributed by atoms with Crippen LogP contribution in [0.5, 0.6) is 0 Å². The molecule has 0 N–H and O–H groups in total. The second kappa shape index (κ2) is 4.28. The molecule has 0 saturated carbocycles. The molecule has 0 bridgehead atoms. The van der Waals surface area contributed by atoms with Gasteiger partial charge in [-0.2, -0.15) is 5.26 Å². The Morgan fingerprint density at radius 1 is 1.33 bits per heavy atom. The third-order valence-corrected chi connectivity index (χ3v) is 2.81. The predicted octanol–water partition coefficient (Wildman–Crippen LogP) is 2.55. The van der Waals surface area contributed by atoms with Gasteiger partial charge in [0.1, 0.15) is 10.9 Å². The first kappa shape index (κ1) is 9.94. The summed E-state index contributed by atoms with van der Waals surface area (Å²) >= 11 is 1.45. The van der Waals surface area contributed by atoms with Crippen LogP contribution in [0.25, 0.3) is 10.9 Å². The average Bonchev–Trinajstić information content (AvgIpc) is 2.25. The number of fused-ring (bicyclic) bond motifs is 1. The van der Waals surface area contributed by atoms with E-state index < -0.39 is 0 Å². The highest BCUT2D eigenvalue weighted by Crippen LogP contribution is 2.24. The number of aryl methyl sites for hydroxylation is 1. The minimum Gasteiger partial charge on any atom is -0.233 e. The summed E-state index contributed by atoms with van der Waals surface area (Å²) < 4.78 is 0. The number of hydrogen-bond acceptors (Lipinski definition) is 4. The molecule has 0 atom stereocenters. The number of thioether (sulfide) groups is 1. The molecule has 15 heavy (non-hydrogen) atoms. The summed E-state index contributed by atoms with van der Waals surface area (Å²) in [7, 11) is 0. The van der Waals surface area contributed by atoms with E-state index in [1.54, 1.807) is 0 Å². The molecule has 0 aliphatic heterocycles. The van der Waals surface area contributed by atoms with Crippen LogP contribution >= 0.6 is 11.8 Å². The number of hydrogen-bond donors (Lipinski definition) is 0. The first-order valence-corrected chi connectivity index (χ1v) is 5.53. The molecule has 0 aliphatic rings. The fraction of sp³-hybridized carbons (Fsp3) is 0.182. The highest BCUT2D eigenvalue weighted by atomic mass is 32.2. The van der Waals surface area contributed by atoms with Gasteiger partial charge in [-0.15, -0.1) is 0 Å².